The Bertz CT molecular complexity index is 803. The zero-order chi connectivity index (χ0) is 14.1. The molecule has 0 aliphatic heterocycles. The summed E-state index contributed by atoms with van der Waals surface area (Å²) in [6.45, 7) is 0.656. The Hall–Kier alpha value is -2.69. The van der Waals surface area contributed by atoms with Crippen LogP contribution in [-0.4, -0.2) is 14.7 Å². The zero-order valence-corrected chi connectivity index (χ0v) is 11.1. The third kappa shape index (κ3) is 2.14. The van der Waals surface area contributed by atoms with Crippen molar-refractivity contribution in [3.05, 3.63) is 58.5 Å². The number of phenolic OH excluding ortho intramolecular Hbond substituents is 1. The van der Waals surface area contributed by atoms with Crippen LogP contribution in [0.1, 0.15) is 5.56 Å². The molecular formula is C15H15N3O2. The summed E-state index contributed by atoms with van der Waals surface area (Å²) in [5, 5.41) is 13.3. The number of aromatic hydroxyl groups is 1. The summed E-state index contributed by atoms with van der Waals surface area (Å²) in [4.78, 5) is 14.3. The van der Waals surface area contributed by atoms with Crippen LogP contribution in [0.5, 0.6) is 5.75 Å². The lowest BCUT2D eigenvalue weighted by Crippen LogP contribution is -2.11. The number of hydrogen-bond donors (Lipinski definition) is 3. The summed E-state index contributed by atoms with van der Waals surface area (Å²) in [7, 11) is 1.62. The average molecular weight is 269 g/mol. The molecule has 3 rings (SSSR count). The molecular weight excluding hydrogens is 254 g/mol. The van der Waals surface area contributed by atoms with Crippen molar-refractivity contribution in [2.24, 2.45) is 7.05 Å². The van der Waals surface area contributed by atoms with Crippen molar-refractivity contribution in [1.29, 1.82) is 0 Å². The zero-order valence-electron chi connectivity index (χ0n) is 11.1. The summed E-state index contributed by atoms with van der Waals surface area (Å²) in [6, 6.07) is 13.4. The standard InChI is InChI=1S/C15H15N3O2/c1-18-14-12(17-15(18)20)7-11(8-13(14)19)16-9-10-5-3-2-4-6-10/h2-8,16,19H,9H2,1H3,(H,17,20). The summed E-state index contributed by atoms with van der Waals surface area (Å²) >= 11 is 0. The Labute approximate surface area is 115 Å². The fourth-order valence-corrected chi connectivity index (χ4v) is 2.27. The minimum absolute atomic E-state index is 0.0823. The van der Waals surface area contributed by atoms with Crippen molar-refractivity contribution in [1.82, 2.24) is 9.55 Å². The molecule has 0 saturated carbocycles. The highest BCUT2D eigenvalue weighted by Gasteiger charge is 2.09. The fourth-order valence-electron chi connectivity index (χ4n) is 2.27. The number of benzene rings is 2. The van der Waals surface area contributed by atoms with Gasteiger partial charge in [-0.25, -0.2) is 4.79 Å². The first-order valence-electron chi connectivity index (χ1n) is 6.34. The summed E-state index contributed by atoms with van der Waals surface area (Å²) < 4.78 is 1.39. The summed E-state index contributed by atoms with van der Waals surface area (Å²) in [5.41, 5.74) is 2.80. The predicted molar refractivity (Wildman–Crippen MR) is 79.0 cm³/mol. The molecule has 3 aromatic rings. The molecule has 0 unspecified atom stereocenters. The van der Waals surface area contributed by atoms with E-state index in [2.05, 4.69) is 10.3 Å². The molecule has 1 aromatic heterocycles. The minimum Gasteiger partial charge on any atom is -0.506 e. The molecule has 20 heavy (non-hydrogen) atoms. The van der Waals surface area contributed by atoms with Crippen molar-refractivity contribution >= 4 is 16.7 Å². The highest BCUT2D eigenvalue weighted by Crippen LogP contribution is 2.26. The number of hydrogen-bond acceptors (Lipinski definition) is 3. The van der Waals surface area contributed by atoms with Gasteiger partial charge in [0.1, 0.15) is 11.3 Å². The topological polar surface area (TPSA) is 70.0 Å². The van der Waals surface area contributed by atoms with Gasteiger partial charge in [0.2, 0.25) is 0 Å². The second kappa shape index (κ2) is 4.77. The van der Waals surface area contributed by atoms with Gasteiger partial charge in [-0.05, 0) is 11.6 Å². The highest BCUT2D eigenvalue weighted by molar-refractivity contribution is 5.85. The molecule has 3 N–H and O–H groups in total. The van der Waals surface area contributed by atoms with Crippen molar-refractivity contribution in [2.75, 3.05) is 5.32 Å². The predicted octanol–water partition coefficient (Wildman–Crippen LogP) is 2.18. The number of aryl methyl sites for hydroxylation is 1. The van der Waals surface area contributed by atoms with E-state index in [4.69, 9.17) is 0 Å². The third-order valence-electron chi connectivity index (χ3n) is 3.31. The number of fused-ring (bicyclic) bond motifs is 1. The monoisotopic (exact) mass is 269 g/mol. The first kappa shape index (κ1) is 12.3. The van der Waals surface area contributed by atoms with E-state index in [1.807, 2.05) is 36.4 Å². The maximum atomic E-state index is 11.6. The Balaban J connectivity index is 1.91. The number of imidazole rings is 1. The lowest BCUT2D eigenvalue weighted by molar-refractivity contribution is 0.479. The van der Waals surface area contributed by atoms with Crippen LogP contribution in [0.2, 0.25) is 0 Å². The van der Waals surface area contributed by atoms with E-state index in [9.17, 15) is 9.90 Å². The van der Waals surface area contributed by atoms with Crippen LogP contribution < -0.4 is 11.0 Å². The van der Waals surface area contributed by atoms with Crippen molar-refractivity contribution in [3.8, 4) is 5.75 Å². The van der Waals surface area contributed by atoms with Gasteiger partial charge < -0.3 is 15.4 Å². The lowest BCUT2D eigenvalue weighted by atomic mass is 10.2. The Morgan fingerprint density at radius 3 is 2.75 bits per heavy atom. The molecule has 0 radical (unpaired) electrons. The van der Waals surface area contributed by atoms with Crippen LogP contribution in [0.4, 0.5) is 5.69 Å². The molecule has 0 aliphatic rings. The normalized spacial score (nSPS) is 10.8. The van der Waals surface area contributed by atoms with Gasteiger partial charge in [-0.15, -0.1) is 0 Å². The molecule has 0 fully saturated rings. The van der Waals surface area contributed by atoms with Gasteiger partial charge in [0.15, 0.2) is 0 Å². The van der Waals surface area contributed by atoms with Gasteiger partial charge in [0.25, 0.3) is 0 Å². The average Bonchev–Trinajstić information content (AvgIpc) is 2.73. The summed E-state index contributed by atoms with van der Waals surface area (Å²) in [6.07, 6.45) is 0. The number of phenols is 1. The van der Waals surface area contributed by atoms with E-state index in [1.54, 1.807) is 13.1 Å². The molecule has 0 saturated heterocycles. The molecule has 102 valence electrons. The van der Waals surface area contributed by atoms with Crippen LogP contribution in [-0.2, 0) is 13.6 Å². The van der Waals surface area contributed by atoms with Crippen LogP contribution in [0.3, 0.4) is 0 Å². The Morgan fingerprint density at radius 1 is 1.25 bits per heavy atom. The van der Waals surface area contributed by atoms with Crippen LogP contribution >= 0.6 is 0 Å². The van der Waals surface area contributed by atoms with Gasteiger partial charge in [0, 0.05) is 25.3 Å². The van der Waals surface area contributed by atoms with Crippen molar-refractivity contribution in [3.63, 3.8) is 0 Å². The third-order valence-corrected chi connectivity index (χ3v) is 3.31. The first-order valence-corrected chi connectivity index (χ1v) is 6.34. The first-order chi connectivity index (χ1) is 9.65. The maximum Gasteiger partial charge on any atom is 0.326 e. The molecule has 5 heteroatoms. The number of rotatable bonds is 3. The van der Waals surface area contributed by atoms with Crippen molar-refractivity contribution in [2.45, 2.75) is 6.54 Å². The maximum absolute atomic E-state index is 11.6. The second-order valence-corrected chi connectivity index (χ2v) is 4.72. The van der Waals surface area contributed by atoms with Crippen LogP contribution in [0.15, 0.2) is 47.3 Å². The van der Waals surface area contributed by atoms with Gasteiger partial charge in [-0.3, -0.25) is 4.57 Å². The molecule has 5 nitrogen and oxygen atoms in total. The number of nitrogens with one attached hydrogen (secondary N) is 2. The Morgan fingerprint density at radius 2 is 2.00 bits per heavy atom. The van der Waals surface area contributed by atoms with E-state index in [-0.39, 0.29) is 11.4 Å². The number of anilines is 1. The minimum atomic E-state index is -0.240. The van der Waals surface area contributed by atoms with E-state index in [1.165, 1.54) is 4.57 Å². The molecule has 0 amide bonds. The van der Waals surface area contributed by atoms with Gasteiger partial charge >= 0.3 is 5.69 Å². The molecule has 1 heterocycles. The number of aromatic amines is 1. The second-order valence-electron chi connectivity index (χ2n) is 4.72. The SMILES string of the molecule is Cn1c(=O)[nH]c2cc(NCc3ccccc3)cc(O)c21. The van der Waals surface area contributed by atoms with E-state index >= 15 is 0 Å². The molecule has 0 spiro atoms. The number of H-pyrrole nitrogens is 1. The van der Waals surface area contributed by atoms with Crippen LogP contribution in [0, 0.1) is 0 Å². The quantitative estimate of drug-likeness (QED) is 0.682. The molecule has 0 atom stereocenters. The fraction of sp³-hybridized carbons (Fsp3) is 0.133. The summed E-state index contributed by atoms with van der Waals surface area (Å²) in [5.74, 6) is 0.0823. The highest BCUT2D eigenvalue weighted by atomic mass is 16.3. The van der Waals surface area contributed by atoms with E-state index < -0.39 is 0 Å². The molecule has 0 aliphatic carbocycles. The van der Waals surface area contributed by atoms with Gasteiger partial charge in [-0.1, -0.05) is 30.3 Å². The lowest BCUT2D eigenvalue weighted by Gasteiger charge is -2.08. The van der Waals surface area contributed by atoms with E-state index in [0.29, 0.717) is 17.6 Å². The van der Waals surface area contributed by atoms with Crippen molar-refractivity contribution < 1.29 is 5.11 Å². The Kier molecular flexibility index (Phi) is 2.95. The van der Waals surface area contributed by atoms with Gasteiger partial charge in [0.05, 0.1) is 5.52 Å². The van der Waals surface area contributed by atoms with E-state index in [0.717, 1.165) is 11.3 Å². The van der Waals surface area contributed by atoms with Crippen LogP contribution in [0.25, 0.3) is 11.0 Å². The number of nitrogens with zero attached hydrogens (tertiary/aromatic N) is 1. The largest absolute Gasteiger partial charge is 0.506 e. The molecule has 2 aromatic carbocycles. The smallest absolute Gasteiger partial charge is 0.326 e. The number of aromatic nitrogens is 2. The van der Waals surface area contributed by atoms with Gasteiger partial charge in [-0.2, -0.15) is 0 Å². The molecule has 0 bridgehead atoms.